The zero-order chi connectivity index (χ0) is 35.2. The lowest BCUT2D eigenvalue weighted by Gasteiger charge is -2.47. The Morgan fingerprint density at radius 3 is 2.35 bits per heavy atom. The molecule has 284 valence electrons. The molecule has 0 amide bonds. The van der Waals surface area contributed by atoms with Crippen molar-refractivity contribution in [1.82, 2.24) is 0 Å². The average molecular weight is 714 g/mol. The molecule has 10 rings (SSSR count). The van der Waals surface area contributed by atoms with Gasteiger partial charge in [0.1, 0.15) is 36.3 Å². The molecule has 0 radical (unpaired) electrons. The molecule has 0 aromatic carbocycles. The summed E-state index contributed by atoms with van der Waals surface area (Å²) in [5.41, 5.74) is 8.06. The van der Waals surface area contributed by atoms with E-state index in [0.29, 0.717) is 44.4 Å². The molecule has 2 unspecified atom stereocenters. The Labute approximate surface area is 302 Å². The highest BCUT2D eigenvalue weighted by Crippen LogP contribution is 2.54. The lowest BCUT2D eigenvalue weighted by Crippen LogP contribution is -2.61. The minimum absolute atomic E-state index is 0.00127. The van der Waals surface area contributed by atoms with Gasteiger partial charge in [0.25, 0.3) is 0 Å². The minimum atomic E-state index is -0.765. The van der Waals surface area contributed by atoms with Gasteiger partial charge in [-0.3, -0.25) is 4.79 Å². The fraction of sp³-hybridized carbons (Fsp3) is 0.875. The molecular weight excluding hydrogens is 654 g/mol. The Morgan fingerprint density at radius 1 is 0.765 bits per heavy atom. The van der Waals surface area contributed by atoms with Gasteiger partial charge in [0.2, 0.25) is 0 Å². The van der Waals surface area contributed by atoms with Crippen molar-refractivity contribution >= 4 is 5.78 Å². The highest BCUT2D eigenvalue weighted by atomic mass is 16.8. The van der Waals surface area contributed by atoms with Gasteiger partial charge in [-0.05, 0) is 73.8 Å². The number of carbonyl (C=O) groups is 1. The van der Waals surface area contributed by atoms with Crippen LogP contribution in [0.15, 0.2) is 24.3 Å². The smallest absolute Gasteiger partial charge is 0.172 e. The molecule has 3 N–H and O–H groups in total. The summed E-state index contributed by atoms with van der Waals surface area (Å²) in [5.74, 6) is -0.222. The van der Waals surface area contributed by atoms with Crippen LogP contribution < -0.4 is 5.73 Å². The van der Waals surface area contributed by atoms with E-state index in [-0.39, 0.29) is 110 Å². The Hall–Kier alpha value is -1.25. The number of carbonyl (C=O) groups excluding carboxylic acids is 1. The molecule has 0 aliphatic carbocycles. The number of fused-ring (bicyclic) bond motifs is 6. The maximum atomic E-state index is 14.0. The summed E-state index contributed by atoms with van der Waals surface area (Å²) in [6.07, 6.45) is 6.43. The number of nitrogens with two attached hydrogens (primary N) is 1. The molecule has 10 fully saturated rings. The molecule has 10 saturated heterocycles. The van der Waals surface area contributed by atoms with Crippen LogP contribution in [-0.4, -0.2) is 115 Å². The SMILES string of the molecule is C=C1C[C@@H]2CC[C@@]34C[C@H]5O[C@H]6[C@@H](O3)[C@H]3OC(CC[C@@H]3O[C@H]6[C@H]5O4)CC(=O)C[C@@H]3[C@@H](C)[C@@H](C[C@H](O)CN)O[C@H]3C[C@H]3OC(CC[C@@H]1O2)C[C@@H](C)C3=C. The molecule has 0 saturated carbocycles. The van der Waals surface area contributed by atoms with Gasteiger partial charge in [0.15, 0.2) is 5.79 Å². The molecule has 11 nitrogen and oxygen atoms in total. The molecule has 10 aliphatic heterocycles. The first kappa shape index (κ1) is 35.5. The number of hydrogen-bond acceptors (Lipinski definition) is 11. The number of hydrogen-bond donors (Lipinski definition) is 2. The molecule has 0 aromatic heterocycles. The number of rotatable bonds is 3. The minimum Gasteiger partial charge on any atom is -0.392 e. The summed E-state index contributed by atoms with van der Waals surface area (Å²) >= 11 is 0. The lowest BCUT2D eigenvalue weighted by atomic mass is 9.78. The number of aliphatic hydroxyl groups excluding tert-OH is 1. The van der Waals surface area contributed by atoms with Gasteiger partial charge >= 0.3 is 0 Å². The molecule has 10 aliphatic rings. The van der Waals surface area contributed by atoms with Crippen LogP contribution in [0.5, 0.6) is 0 Å². The van der Waals surface area contributed by atoms with E-state index in [0.717, 1.165) is 56.1 Å². The van der Waals surface area contributed by atoms with Gasteiger partial charge in [-0.1, -0.05) is 27.0 Å². The van der Waals surface area contributed by atoms with Gasteiger partial charge in [0, 0.05) is 45.1 Å². The second-order valence-corrected chi connectivity index (χ2v) is 17.6. The molecule has 0 aromatic rings. The molecule has 12 bridgehead atoms. The van der Waals surface area contributed by atoms with Gasteiger partial charge in [0.05, 0.1) is 61.0 Å². The normalized spacial score (nSPS) is 53.2. The van der Waals surface area contributed by atoms with E-state index >= 15 is 0 Å². The van der Waals surface area contributed by atoms with Crippen molar-refractivity contribution < 1.29 is 47.8 Å². The largest absolute Gasteiger partial charge is 0.392 e. The van der Waals surface area contributed by atoms with Crippen molar-refractivity contribution in [3.8, 4) is 0 Å². The second kappa shape index (κ2) is 13.8. The second-order valence-electron chi connectivity index (χ2n) is 17.6. The number of ether oxygens (including phenoxy) is 8. The maximum absolute atomic E-state index is 14.0. The number of ketones is 1. The van der Waals surface area contributed by atoms with Crippen LogP contribution in [0.2, 0.25) is 0 Å². The van der Waals surface area contributed by atoms with Crippen LogP contribution in [0, 0.1) is 17.8 Å². The van der Waals surface area contributed by atoms with Gasteiger partial charge in [-0.2, -0.15) is 0 Å². The van der Waals surface area contributed by atoms with Crippen LogP contribution in [0.3, 0.4) is 0 Å². The van der Waals surface area contributed by atoms with Crippen molar-refractivity contribution in [1.29, 1.82) is 0 Å². The molecule has 19 atom stereocenters. The zero-order valence-electron chi connectivity index (χ0n) is 30.4. The molecule has 11 heteroatoms. The summed E-state index contributed by atoms with van der Waals surface area (Å²) in [7, 11) is 0. The summed E-state index contributed by atoms with van der Waals surface area (Å²) in [6.45, 7) is 13.5. The third kappa shape index (κ3) is 6.53. The van der Waals surface area contributed by atoms with Crippen molar-refractivity contribution in [2.24, 2.45) is 23.5 Å². The monoisotopic (exact) mass is 713 g/mol. The van der Waals surface area contributed by atoms with Gasteiger partial charge < -0.3 is 48.7 Å². The highest BCUT2D eigenvalue weighted by Gasteiger charge is 2.68. The van der Waals surface area contributed by atoms with Crippen LogP contribution in [-0.2, 0) is 42.7 Å². The third-order valence-electron chi connectivity index (χ3n) is 14.2. The van der Waals surface area contributed by atoms with E-state index in [9.17, 15) is 9.90 Å². The first-order chi connectivity index (χ1) is 24.6. The van der Waals surface area contributed by atoms with Gasteiger partial charge in [-0.15, -0.1) is 0 Å². The van der Waals surface area contributed by atoms with E-state index in [2.05, 4.69) is 27.0 Å². The molecule has 10 heterocycles. The van der Waals surface area contributed by atoms with Crippen molar-refractivity contribution in [2.75, 3.05) is 6.54 Å². The standard InChI is InChI=1S/C40H59NO10/c1-19-11-25-5-7-29-20(2)12-27(44-29)9-10-40-17-34-36(50-40)37-38(49-34)39(51-40)35-30(48-37)8-6-26(46-35)13-23(42)14-28-22(4)31(15-24(43)18-41)47-33(28)16-32(45-25)21(19)3/h19,22,24-39,43H,2-3,5-18,41H2,1,4H3/t19-,22-,24+,25?,26?,27+,28-,29+,30+,31-,32-,33+,34-,35+,36+,37+,38-,39+,40+/m1/s1. The third-order valence-corrected chi connectivity index (χ3v) is 14.2. The zero-order valence-corrected chi connectivity index (χ0v) is 30.4. The van der Waals surface area contributed by atoms with Gasteiger partial charge in [-0.25, -0.2) is 0 Å². The fourth-order valence-electron chi connectivity index (χ4n) is 11.3. The highest BCUT2D eigenvalue weighted by molar-refractivity contribution is 5.79. The Kier molecular flexibility index (Phi) is 9.59. The predicted molar refractivity (Wildman–Crippen MR) is 185 cm³/mol. The summed E-state index contributed by atoms with van der Waals surface area (Å²) in [4.78, 5) is 14.0. The molecule has 1 spiro atoms. The van der Waals surface area contributed by atoms with E-state index in [1.165, 1.54) is 0 Å². The van der Waals surface area contributed by atoms with Crippen LogP contribution in [0.25, 0.3) is 0 Å². The molecule has 51 heavy (non-hydrogen) atoms. The van der Waals surface area contributed by atoms with Crippen molar-refractivity contribution in [2.45, 2.75) is 195 Å². The van der Waals surface area contributed by atoms with Crippen LogP contribution >= 0.6 is 0 Å². The van der Waals surface area contributed by atoms with Crippen LogP contribution in [0.4, 0.5) is 0 Å². The first-order valence-electron chi connectivity index (χ1n) is 20.1. The van der Waals surface area contributed by atoms with E-state index in [1.807, 2.05) is 0 Å². The van der Waals surface area contributed by atoms with Crippen LogP contribution in [0.1, 0.15) is 97.3 Å². The first-order valence-corrected chi connectivity index (χ1v) is 20.1. The Bertz CT molecular complexity index is 1360. The van der Waals surface area contributed by atoms with E-state index in [4.69, 9.17) is 43.6 Å². The summed E-state index contributed by atoms with van der Waals surface area (Å²) < 4.78 is 54.0. The topological polar surface area (TPSA) is 137 Å². The number of aliphatic hydroxyl groups is 1. The Balaban J connectivity index is 0.986. The van der Waals surface area contributed by atoms with Crippen molar-refractivity contribution in [3.05, 3.63) is 24.3 Å². The maximum Gasteiger partial charge on any atom is 0.172 e. The fourth-order valence-corrected chi connectivity index (χ4v) is 11.3. The summed E-state index contributed by atoms with van der Waals surface area (Å²) in [6, 6.07) is 0. The average Bonchev–Trinajstić information content (AvgIpc) is 3.77. The Morgan fingerprint density at radius 2 is 1.51 bits per heavy atom. The quantitative estimate of drug-likeness (QED) is 0.410. The molecular formula is C40H59NO10. The number of Topliss-reactive ketones (excluding diaryl/α,β-unsaturated/α-hetero) is 1. The van der Waals surface area contributed by atoms with Crippen molar-refractivity contribution in [3.63, 3.8) is 0 Å². The van der Waals surface area contributed by atoms with E-state index < -0.39 is 11.9 Å². The summed E-state index contributed by atoms with van der Waals surface area (Å²) in [5, 5.41) is 10.5. The predicted octanol–water partition coefficient (Wildman–Crippen LogP) is 4.06. The lowest BCUT2D eigenvalue weighted by molar-refractivity contribution is -0.292. The van der Waals surface area contributed by atoms with E-state index in [1.54, 1.807) is 0 Å².